The molecule has 1 aromatic carbocycles. The molecule has 0 aliphatic heterocycles. The van der Waals surface area contributed by atoms with Crippen LogP contribution in [0.1, 0.15) is 18.1 Å². The van der Waals surface area contributed by atoms with Gasteiger partial charge in [-0.05, 0) is 24.6 Å². The van der Waals surface area contributed by atoms with Crippen LogP contribution in [0.3, 0.4) is 0 Å². The van der Waals surface area contributed by atoms with Crippen LogP contribution in [-0.4, -0.2) is 10.1 Å². The number of halogens is 1. The molecule has 1 unspecified atom stereocenters. The summed E-state index contributed by atoms with van der Waals surface area (Å²) in [5, 5.41) is 11.1. The van der Waals surface area contributed by atoms with E-state index in [0.29, 0.717) is 22.7 Å². The Morgan fingerprint density at radius 2 is 2.06 bits per heavy atom. The summed E-state index contributed by atoms with van der Waals surface area (Å²) in [6.07, 6.45) is 3.67. The number of nitrogen functional groups attached to an aromatic ring is 1. The lowest BCUT2D eigenvalue weighted by Gasteiger charge is -2.25. The van der Waals surface area contributed by atoms with Crippen LogP contribution in [0.5, 0.6) is 0 Å². The normalized spacial score (nSPS) is 14.2. The van der Waals surface area contributed by atoms with Gasteiger partial charge in [-0.3, -0.25) is 4.98 Å². The summed E-state index contributed by atoms with van der Waals surface area (Å²) >= 11 is 6.11. The van der Waals surface area contributed by atoms with Gasteiger partial charge in [0.15, 0.2) is 0 Å². The molecule has 0 aliphatic carbocycles. The Morgan fingerprint density at radius 1 is 1.33 bits per heavy atom. The number of pyridine rings is 1. The first-order chi connectivity index (χ1) is 8.50. The van der Waals surface area contributed by atoms with E-state index in [1.807, 2.05) is 18.2 Å². The van der Waals surface area contributed by atoms with Crippen LogP contribution in [0.4, 0.5) is 5.69 Å². The van der Waals surface area contributed by atoms with Gasteiger partial charge in [0.05, 0.1) is 5.60 Å². The first kappa shape index (κ1) is 12.9. The largest absolute Gasteiger partial charge is 0.398 e. The minimum absolute atomic E-state index is 0.371. The van der Waals surface area contributed by atoms with Gasteiger partial charge in [0, 0.05) is 35.1 Å². The summed E-state index contributed by atoms with van der Waals surface area (Å²) in [4.78, 5) is 4.02. The molecule has 4 heteroatoms. The summed E-state index contributed by atoms with van der Waals surface area (Å²) in [6.45, 7) is 1.72. The Labute approximate surface area is 111 Å². The topological polar surface area (TPSA) is 59.1 Å². The van der Waals surface area contributed by atoms with E-state index in [9.17, 15) is 5.11 Å². The van der Waals surface area contributed by atoms with Crippen LogP contribution in [0.25, 0.3) is 0 Å². The molecule has 94 valence electrons. The molecular weight excluding hydrogens is 248 g/mol. The van der Waals surface area contributed by atoms with E-state index in [2.05, 4.69) is 4.98 Å². The smallest absolute Gasteiger partial charge is 0.0924 e. The van der Waals surface area contributed by atoms with Gasteiger partial charge in [-0.1, -0.05) is 29.8 Å². The van der Waals surface area contributed by atoms with E-state index in [1.54, 1.807) is 31.5 Å². The third-order valence-corrected chi connectivity index (χ3v) is 3.26. The number of hydrogen-bond donors (Lipinski definition) is 2. The maximum absolute atomic E-state index is 10.6. The average molecular weight is 263 g/mol. The molecule has 1 atom stereocenters. The molecule has 0 aliphatic rings. The Morgan fingerprint density at radius 3 is 2.72 bits per heavy atom. The standard InChI is InChI=1S/C14H15ClN2O/c1-14(18,11-4-2-3-5-12(11)15)8-10-9-17-7-6-13(10)16/h2-7,9,18H,8H2,1H3,(H2,16,17). The molecule has 1 aromatic heterocycles. The maximum Gasteiger partial charge on any atom is 0.0924 e. The highest BCUT2D eigenvalue weighted by molar-refractivity contribution is 6.31. The van der Waals surface area contributed by atoms with Gasteiger partial charge in [0.2, 0.25) is 0 Å². The fraction of sp³-hybridized carbons (Fsp3) is 0.214. The first-order valence-electron chi connectivity index (χ1n) is 5.66. The molecule has 0 bridgehead atoms. The minimum Gasteiger partial charge on any atom is -0.398 e. The van der Waals surface area contributed by atoms with Crippen molar-refractivity contribution < 1.29 is 5.11 Å². The number of benzene rings is 1. The Bertz CT molecular complexity index is 555. The highest BCUT2D eigenvalue weighted by Crippen LogP contribution is 2.31. The van der Waals surface area contributed by atoms with E-state index >= 15 is 0 Å². The monoisotopic (exact) mass is 262 g/mol. The Kier molecular flexibility index (Phi) is 3.55. The van der Waals surface area contributed by atoms with Crippen molar-refractivity contribution in [1.82, 2.24) is 4.98 Å². The molecular formula is C14H15ClN2O. The van der Waals surface area contributed by atoms with Crippen LogP contribution in [-0.2, 0) is 12.0 Å². The van der Waals surface area contributed by atoms with Crippen molar-refractivity contribution in [3.8, 4) is 0 Å². The fourth-order valence-corrected chi connectivity index (χ4v) is 2.29. The van der Waals surface area contributed by atoms with Crippen molar-refractivity contribution in [2.45, 2.75) is 18.9 Å². The third kappa shape index (κ3) is 2.63. The second kappa shape index (κ2) is 4.96. The zero-order chi connectivity index (χ0) is 13.2. The highest BCUT2D eigenvalue weighted by Gasteiger charge is 2.26. The molecule has 0 fully saturated rings. The quantitative estimate of drug-likeness (QED) is 0.894. The fourth-order valence-electron chi connectivity index (χ4n) is 1.95. The molecule has 0 amide bonds. The highest BCUT2D eigenvalue weighted by atomic mass is 35.5. The van der Waals surface area contributed by atoms with E-state index in [-0.39, 0.29) is 0 Å². The third-order valence-electron chi connectivity index (χ3n) is 2.93. The number of aliphatic hydroxyl groups is 1. The molecule has 0 saturated carbocycles. The predicted molar refractivity (Wildman–Crippen MR) is 73.4 cm³/mol. The lowest BCUT2D eigenvalue weighted by Crippen LogP contribution is -2.25. The summed E-state index contributed by atoms with van der Waals surface area (Å²) in [5.41, 5.74) is 6.91. The van der Waals surface area contributed by atoms with E-state index < -0.39 is 5.60 Å². The van der Waals surface area contributed by atoms with Crippen LogP contribution >= 0.6 is 11.6 Å². The number of anilines is 1. The summed E-state index contributed by atoms with van der Waals surface area (Å²) in [5.74, 6) is 0. The van der Waals surface area contributed by atoms with Crippen LogP contribution in [0, 0.1) is 0 Å². The predicted octanol–water partition coefficient (Wildman–Crippen LogP) is 2.77. The van der Waals surface area contributed by atoms with Crippen molar-refractivity contribution in [3.63, 3.8) is 0 Å². The van der Waals surface area contributed by atoms with Crippen LogP contribution < -0.4 is 5.73 Å². The Balaban J connectivity index is 2.33. The first-order valence-corrected chi connectivity index (χ1v) is 6.04. The number of rotatable bonds is 3. The number of nitrogens with zero attached hydrogens (tertiary/aromatic N) is 1. The minimum atomic E-state index is -1.07. The lowest BCUT2D eigenvalue weighted by atomic mass is 9.89. The van der Waals surface area contributed by atoms with Gasteiger partial charge in [0.25, 0.3) is 0 Å². The van der Waals surface area contributed by atoms with Crippen LogP contribution in [0.2, 0.25) is 5.02 Å². The Hall–Kier alpha value is -1.58. The van der Waals surface area contributed by atoms with Gasteiger partial charge in [-0.2, -0.15) is 0 Å². The molecule has 3 N–H and O–H groups in total. The maximum atomic E-state index is 10.6. The molecule has 2 aromatic rings. The van der Waals surface area contributed by atoms with Crippen molar-refractivity contribution >= 4 is 17.3 Å². The van der Waals surface area contributed by atoms with Crippen molar-refractivity contribution in [2.75, 3.05) is 5.73 Å². The molecule has 0 saturated heterocycles. The zero-order valence-corrected chi connectivity index (χ0v) is 10.9. The van der Waals surface area contributed by atoms with Crippen molar-refractivity contribution in [2.24, 2.45) is 0 Å². The number of nitrogens with two attached hydrogens (primary N) is 1. The van der Waals surface area contributed by atoms with Gasteiger partial charge in [-0.25, -0.2) is 0 Å². The van der Waals surface area contributed by atoms with E-state index in [0.717, 1.165) is 5.56 Å². The van der Waals surface area contributed by atoms with E-state index in [4.69, 9.17) is 17.3 Å². The lowest BCUT2D eigenvalue weighted by molar-refractivity contribution is 0.0578. The second-order valence-electron chi connectivity index (χ2n) is 4.50. The van der Waals surface area contributed by atoms with Crippen LogP contribution in [0.15, 0.2) is 42.7 Å². The number of hydrogen-bond acceptors (Lipinski definition) is 3. The average Bonchev–Trinajstić information content (AvgIpc) is 2.32. The molecule has 3 nitrogen and oxygen atoms in total. The molecule has 18 heavy (non-hydrogen) atoms. The molecule has 0 radical (unpaired) electrons. The van der Waals surface area contributed by atoms with Gasteiger partial charge in [-0.15, -0.1) is 0 Å². The molecule has 1 heterocycles. The van der Waals surface area contributed by atoms with Crippen molar-refractivity contribution in [1.29, 1.82) is 0 Å². The van der Waals surface area contributed by atoms with Gasteiger partial charge < -0.3 is 10.8 Å². The summed E-state index contributed by atoms with van der Waals surface area (Å²) in [6, 6.07) is 8.98. The summed E-state index contributed by atoms with van der Waals surface area (Å²) < 4.78 is 0. The zero-order valence-electron chi connectivity index (χ0n) is 10.1. The van der Waals surface area contributed by atoms with Gasteiger partial charge in [0.1, 0.15) is 0 Å². The molecule has 2 rings (SSSR count). The molecule has 0 spiro atoms. The number of aromatic nitrogens is 1. The van der Waals surface area contributed by atoms with Crippen molar-refractivity contribution in [3.05, 3.63) is 58.9 Å². The second-order valence-corrected chi connectivity index (χ2v) is 4.91. The van der Waals surface area contributed by atoms with Gasteiger partial charge >= 0.3 is 0 Å². The summed E-state index contributed by atoms with van der Waals surface area (Å²) in [7, 11) is 0. The SMILES string of the molecule is CC(O)(Cc1cnccc1N)c1ccccc1Cl. The van der Waals surface area contributed by atoms with E-state index in [1.165, 1.54) is 0 Å².